The molecule has 0 aliphatic heterocycles. The number of rotatable bonds is 13. The molecule has 0 saturated carbocycles. The summed E-state index contributed by atoms with van der Waals surface area (Å²) in [6.07, 6.45) is 7.89. The number of hydrogen-bond acceptors (Lipinski definition) is 5. The number of nitriles is 2. The first-order valence-corrected chi connectivity index (χ1v) is 23.0. The molecule has 6 nitrogen and oxygen atoms in total. The second kappa shape index (κ2) is 22.0. The van der Waals surface area contributed by atoms with Crippen molar-refractivity contribution in [1.82, 2.24) is 15.0 Å². The van der Waals surface area contributed by atoms with Crippen molar-refractivity contribution in [1.29, 1.82) is 10.5 Å². The van der Waals surface area contributed by atoms with Gasteiger partial charge in [0.2, 0.25) is 0 Å². The maximum absolute atomic E-state index is 10.7. The topological polar surface area (TPSA) is 90.6 Å². The van der Waals surface area contributed by atoms with Crippen LogP contribution in [0, 0.1) is 47.4 Å². The van der Waals surface area contributed by atoms with Crippen LogP contribution in [0.3, 0.4) is 0 Å². The van der Waals surface area contributed by atoms with E-state index in [-0.39, 0.29) is 20.1 Å². The fourth-order valence-electron chi connectivity index (χ4n) is 8.92. The zero-order valence-electron chi connectivity index (χ0n) is 38.4. The van der Waals surface area contributed by atoms with Gasteiger partial charge in [-0.2, -0.15) is 16.6 Å². The van der Waals surface area contributed by atoms with Crippen molar-refractivity contribution < 1.29 is 20.1 Å². The first kappa shape index (κ1) is 47.2. The Hall–Kier alpha value is -8.89. The average Bonchev–Trinajstić information content (AvgIpc) is 3.44. The summed E-state index contributed by atoms with van der Waals surface area (Å²) in [7, 11) is 0. The molecule has 0 unspecified atom stereocenters. The quantitative estimate of drug-likeness (QED) is 0.107. The van der Waals surface area contributed by atoms with Crippen LogP contribution in [0.4, 0.5) is 5.69 Å². The van der Waals surface area contributed by atoms with Gasteiger partial charge in [0, 0.05) is 18.6 Å². The standard InChI is InChI=1S/C64H41N6.Ir/c1-67-63-41-54(62-16-8-10-33-69-62)28-26-50(63)20-18-45-35-44(17-19-49-25-27-52(38-56(49)42-65)61-15-7-9-32-68-61)36-55(37-45)58-13-5-6-14-60(58)59-30-29-53(39-57(59)43-66)64-40-51(31-34-70-64)48-23-21-47(22-24-48)46-11-3-2-4-12-46;/h2-16,21-26,30-41H,17-20H2;/q-3;+3. The molecule has 0 saturated heterocycles. The third-order valence-corrected chi connectivity index (χ3v) is 12.6. The fourth-order valence-corrected chi connectivity index (χ4v) is 8.92. The monoisotopic (exact) mass is 1090 g/mol. The molecule has 10 aromatic rings. The van der Waals surface area contributed by atoms with E-state index in [0.29, 0.717) is 42.5 Å². The summed E-state index contributed by atoms with van der Waals surface area (Å²) in [5, 5.41) is 21.0. The van der Waals surface area contributed by atoms with Crippen LogP contribution in [0.15, 0.2) is 201 Å². The molecule has 0 bridgehead atoms. The Morgan fingerprint density at radius 2 is 0.958 bits per heavy atom. The number of hydrogen-bond donors (Lipinski definition) is 0. The van der Waals surface area contributed by atoms with Gasteiger partial charge in [0.15, 0.2) is 0 Å². The Labute approximate surface area is 428 Å². The van der Waals surface area contributed by atoms with Crippen molar-refractivity contribution in [3.63, 3.8) is 0 Å². The molecule has 3 heterocycles. The Balaban J connectivity index is 0.00000624. The number of aromatic nitrogens is 3. The first-order chi connectivity index (χ1) is 34.5. The van der Waals surface area contributed by atoms with Crippen molar-refractivity contribution in [2.75, 3.05) is 0 Å². The van der Waals surface area contributed by atoms with Gasteiger partial charge in [-0.05, 0) is 104 Å². The van der Waals surface area contributed by atoms with E-state index >= 15 is 0 Å². The Morgan fingerprint density at radius 3 is 1.61 bits per heavy atom. The molecule has 336 valence electrons. The SMILES string of the molecule is [C-]#[N+]c1cc(-c2ccccn2)[c-]cc1CCc1cc(CCc2c[c-]c(-c3ccccn3)cc2C#N)cc(-c2ccccc2-c2c[c-]c(-c3cc(-c4ccc(-c5ccccc5)cc4)ccn3)cc2C#N)c1.[Ir+3]. The molecule has 7 heteroatoms. The van der Waals surface area contributed by atoms with E-state index in [0.717, 1.165) is 95.0 Å². The van der Waals surface area contributed by atoms with E-state index < -0.39 is 0 Å². The van der Waals surface area contributed by atoms with E-state index in [2.05, 4.69) is 112 Å². The van der Waals surface area contributed by atoms with E-state index in [1.165, 1.54) is 5.56 Å². The molecule has 71 heavy (non-hydrogen) atoms. The number of aryl methyl sites for hydroxylation is 4. The van der Waals surface area contributed by atoms with Crippen LogP contribution in [-0.2, 0) is 45.8 Å². The third kappa shape index (κ3) is 10.7. The van der Waals surface area contributed by atoms with Crippen molar-refractivity contribution in [2.24, 2.45) is 0 Å². The fraction of sp³-hybridized carbons (Fsp3) is 0.0625. The van der Waals surface area contributed by atoms with Crippen molar-refractivity contribution in [2.45, 2.75) is 25.7 Å². The molecule has 0 N–H and O–H groups in total. The number of benzene rings is 7. The summed E-state index contributed by atoms with van der Waals surface area (Å²) in [5.74, 6) is 0. The van der Waals surface area contributed by atoms with E-state index in [9.17, 15) is 10.5 Å². The second-order valence-electron chi connectivity index (χ2n) is 16.9. The summed E-state index contributed by atoms with van der Waals surface area (Å²) in [6, 6.07) is 75.7. The van der Waals surface area contributed by atoms with E-state index in [1.54, 1.807) is 18.6 Å². The molecule has 0 atom stereocenters. The maximum atomic E-state index is 10.7. The number of pyridine rings is 3. The molecule has 7 aromatic carbocycles. The summed E-state index contributed by atoms with van der Waals surface area (Å²) in [4.78, 5) is 17.6. The van der Waals surface area contributed by atoms with E-state index in [4.69, 9.17) is 11.6 Å². The van der Waals surface area contributed by atoms with Crippen molar-refractivity contribution >= 4 is 5.69 Å². The van der Waals surface area contributed by atoms with E-state index in [1.807, 2.05) is 115 Å². The summed E-state index contributed by atoms with van der Waals surface area (Å²) in [5.41, 5.74) is 18.4. The average molecular weight is 1090 g/mol. The van der Waals surface area contributed by atoms with Gasteiger partial charge in [0.1, 0.15) is 5.69 Å². The molecule has 0 aliphatic carbocycles. The van der Waals surface area contributed by atoms with Gasteiger partial charge in [-0.25, -0.2) is 0 Å². The minimum atomic E-state index is 0. The van der Waals surface area contributed by atoms with Gasteiger partial charge < -0.3 is 15.0 Å². The van der Waals surface area contributed by atoms with Crippen LogP contribution in [0.2, 0.25) is 0 Å². The van der Waals surface area contributed by atoms with Crippen molar-refractivity contribution in [3.05, 3.63) is 264 Å². The first-order valence-electron chi connectivity index (χ1n) is 23.0. The number of nitrogens with zero attached hydrogens (tertiary/aromatic N) is 6. The van der Waals surface area contributed by atoms with Crippen molar-refractivity contribution in [3.8, 4) is 90.4 Å². The van der Waals surface area contributed by atoms with Gasteiger partial charge in [-0.1, -0.05) is 151 Å². The van der Waals surface area contributed by atoms with Crippen LogP contribution in [0.5, 0.6) is 0 Å². The van der Waals surface area contributed by atoms with Crippen LogP contribution in [0.25, 0.3) is 83.1 Å². The minimum absolute atomic E-state index is 0. The summed E-state index contributed by atoms with van der Waals surface area (Å²) < 4.78 is 0. The van der Waals surface area contributed by atoms with Gasteiger partial charge in [-0.15, -0.1) is 76.3 Å². The predicted octanol–water partition coefficient (Wildman–Crippen LogP) is 14.8. The molecule has 0 spiro atoms. The van der Waals surface area contributed by atoms with Crippen LogP contribution in [-0.4, -0.2) is 15.0 Å². The minimum Gasteiger partial charge on any atom is -0.305 e. The molecule has 0 radical (unpaired) electrons. The van der Waals surface area contributed by atoms with Gasteiger partial charge in [0.25, 0.3) is 0 Å². The molecular formula is C64H41IrN6. The zero-order chi connectivity index (χ0) is 47.7. The summed E-state index contributed by atoms with van der Waals surface area (Å²) in [6.45, 7) is 8.05. The van der Waals surface area contributed by atoms with Gasteiger partial charge in [0.05, 0.1) is 18.7 Å². The Bertz CT molecular complexity index is 3500. The summed E-state index contributed by atoms with van der Waals surface area (Å²) >= 11 is 0. The largest absolute Gasteiger partial charge is 3.00 e. The second-order valence-corrected chi connectivity index (χ2v) is 16.9. The van der Waals surface area contributed by atoms with Gasteiger partial charge in [-0.3, -0.25) is 4.85 Å². The molecule has 3 aromatic heterocycles. The predicted molar refractivity (Wildman–Crippen MR) is 278 cm³/mol. The van der Waals surface area contributed by atoms with Crippen LogP contribution in [0.1, 0.15) is 33.4 Å². The molecular weight excluding hydrogens is 1040 g/mol. The molecule has 10 rings (SSSR count). The molecule has 0 fully saturated rings. The van der Waals surface area contributed by atoms with Crippen LogP contribution >= 0.6 is 0 Å². The Kier molecular flexibility index (Phi) is 14.6. The van der Waals surface area contributed by atoms with Gasteiger partial charge >= 0.3 is 20.1 Å². The normalized spacial score (nSPS) is 10.6. The maximum Gasteiger partial charge on any atom is 3.00 e. The smallest absolute Gasteiger partial charge is 0.305 e. The molecule has 0 aliphatic rings. The third-order valence-electron chi connectivity index (χ3n) is 12.6. The zero-order valence-corrected chi connectivity index (χ0v) is 40.8. The van der Waals surface area contributed by atoms with Crippen LogP contribution < -0.4 is 0 Å². The Morgan fingerprint density at radius 1 is 0.423 bits per heavy atom. The molecule has 0 amide bonds.